The molecule has 1 fully saturated rings. The van der Waals surface area contributed by atoms with Gasteiger partial charge in [-0.25, -0.2) is 0 Å². The number of unbranched alkanes of at least 4 members (excludes halogenated alkanes) is 2. The highest BCUT2D eigenvalue weighted by atomic mass is 16.1. The van der Waals surface area contributed by atoms with Crippen molar-refractivity contribution in [1.82, 2.24) is 0 Å². The van der Waals surface area contributed by atoms with Crippen molar-refractivity contribution in [2.45, 2.75) is 64.7 Å². The molecule has 0 N–H and O–H groups in total. The fraction of sp³-hybridized carbons (Fsp3) is 0.542. The minimum absolute atomic E-state index is 0.257. The van der Waals surface area contributed by atoms with Crippen LogP contribution in [-0.2, 0) is 4.79 Å². The highest BCUT2D eigenvalue weighted by Crippen LogP contribution is 2.46. The third kappa shape index (κ3) is 4.32. The minimum Gasteiger partial charge on any atom is -0.302 e. The maximum Gasteiger partial charge on any atom is 0.130 e. The zero-order valence-corrected chi connectivity index (χ0v) is 15.6. The summed E-state index contributed by atoms with van der Waals surface area (Å²) in [6.45, 7) is 2.28. The first-order valence-electron chi connectivity index (χ1n) is 10.2. The Kier molecular flexibility index (Phi) is 6.29. The second-order valence-electron chi connectivity index (χ2n) is 8.01. The monoisotopic (exact) mass is 336 g/mol. The van der Waals surface area contributed by atoms with E-state index >= 15 is 0 Å². The average molecular weight is 337 g/mol. The van der Waals surface area contributed by atoms with E-state index in [-0.39, 0.29) is 5.41 Å². The van der Waals surface area contributed by atoms with Crippen LogP contribution in [0, 0.1) is 17.3 Å². The molecule has 1 saturated carbocycles. The zero-order chi connectivity index (χ0) is 17.5. The summed E-state index contributed by atoms with van der Waals surface area (Å²) in [5.74, 6) is 1.42. The first-order chi connectivity index (χ1) is 12.3. The first-order valence-corrected chi connectivity index (χ1v) is 10.2. The lowest BCUT2D eigenvalue weighted by atomic mass is 9.64. The molecular formula is C24H32O. The molecule has 0 aliphatic heterocycles. The Morgan fingerprint density at radius 1 is 1.08 bits per heavy atom. The Morgan fingerprint density at radius 2 is 1.84 bits per heavy atom. The lowest BCUT2D eigenvalue weighted by Gasteiger charge is -2.39. The molecule has 2 aliphatic carbocycles. The summed E-state index contributed by atoms with van der Waals surface area (Å²) in [5, 5.41) is 0. The molecule has 1 heteroatoms. The quantitative estimate of drug-likeness (QED) is 0.405. The predicted molar refractivity (Wildman–Crippen MR) is 106 cm³/mol. The Bertz CT molecular complexity index is 604. The van der Waals surface area contributed by atoms with Crippen LogP contribution in [0.2, 0.25) is 0 Å². The molecule has 3 rings (SSSR count). The highest BCUT2D eigenvalue weighted by molar-refractivity contribution is 5.78. The molecule has 0 heterocycles. The summed E-state index contributed by atoms with van der Waals surface area (Å²) in [5.41, 5.74) is 2.25. The minimum atomic E-state index is -0.257. The Labute approximate surface area is 153 Å². The van der Waals surface area contributed by atoms with E-state index in [1.165, 1.54) is 68.8 Å². The van der Waals surface area contributed by atoms with E-state index in [1.54, 1.807) is 0 Å². The van der Waals surface area contributed by atoms with Crippen molar-refractivity contribution in [3.05, 3.63) is 54.1 Å². The van der Waals surface area contributed by atoms with E-state index in [0.29, 0.717) is 5.92 Å². The van der Waals surface area contributed by atoms with Gasteiger partial charge >= 0.3 is 0 Å². The Morgan fingerprint density at radius 3 is 2.44 bits per heavy atom. The van der Waals surface area contributed by atoms with Crippen LogP contribution in [-0.4, -0.2) is 6.29 Å². The normalized spacial score (nSPS) is 29.2. The van der Waals surface area contributed by atoms with Gasteiger partial charge in [0.25, 0.3) is 0 Å². The number of carbonyl (C=O) groups excluding carboxylic acids is 1. The Hall–Kier alpha value is -1.63. The van der Waals surface area contributed by atoms with Crippen LogP contribution in [0.4, 0.5) is 0 Å². The van der Waals surface area contributed by atoms with Crippen molar-refractivity contribution in [2.24, 2.45) is 17.3 Å². The number of rotatable bonds is 7. The number of hydrogen-bond donors (Lipinski definition) is 0. The van der Waals surface area contributed by atoms with Crippen molar-refractivity contribution < 1.29 is 4.79 Å². The fourth-order valence-electron chi connectivity index (χ4n) is 4.67. The van der Waals surface area contributed by atoms with E-state index < -0.39 is 0 Å². The molecule has 1 aromatic carbocycles. The molecule has 0 radical (unpaired) electrons. The van der Waals surface area contributed by atoms with Crippen LogP contribution in [0.1, 0.15) is 70.3 Å². The van der Waals surface area contributed by atoms with Gasteiger partial charge in [-0.05, 0) is 42.2 Å². The summed E-state index contributed by atoms with van der Waals surface area (Å²) < 4.78 is 0. The molecule has 0 spiro atoms. The third-order valence-corrected chi connectivity index (χ3v) is 6.40. The lowest BCUT2D eigenvalue weighted by Crippen LogP contribution is -2.34. The molecule has 25 heavy (non-hydrogen) atoms. The Balaban J connectivity index is 1.60. The number of carbonyl (C=O) groups is 1. The molecule has 1 aromatic rings. The van der Waals surface area contributed by atoms with Crippen LogP contribution in [0.3, 0.4) is 0 Å². The summed E-state index contributed by atoms with van der Waals surface area (Å²) in [7, 11) is 0. The average Bonchev–Trinajstić information content (AvgIpc) is 2.69. The molecule has 1 unspecified atom stereocenters. The number of aldehydes is 1. The van der Waals surface area contributed by atoms with Crippen molar-refractivity contribution >= 4 is 11.9 Å². The second-order valence-corrected chi connectivity index (χ2v) is 8.01. The SMILES string of the molecule is CCCCCC1CCC(C2(C=O)C=CC(c3ccccc3)=CC2)CC1. The molecule has 1 nitrogen and oxygen atoms in total. The lowest BCUT2D eigenvalue weighted by molar-refractivity contribution is -0.117. The largest absolute Gasteiger partial charge is 0.302 e. The summed E-state index contributed by atoms with van der Waals surface area (Å²) in [6.07, 6.45) is 19.3. The maximum absolute atomic E-state index is 12.0. The van der Waals surface area contributed by atoms with Crippen LogP contribution >= 0.6 is 0 Å². The van der Waals surface area contributed by atoms with Crippen molar-refractivity contribution in [1.29, 1.82) is 0 Å². The van der Waals surface area contributed by atoms with Crippen LogP contribution in [0.5, 0.6) is 0 Å². The van der Waals surface area contributed by atoms with Crippen molar-refractivity contribution in [3.63, 3.8) is 0 Å². The number of allylic oxidation sites excluding steroid dienone is 4. The van der Waals surface area contributed by atoms with E-state index in [9.17, 15) is 4.79 Å². The summed E-state index contributed by atoms with van der Waals surface area (Å²) in [6, 6.07) is 10.5. The molecule has 1 atom stereocenters. The second kappa shape index (κ2) is 8.65. The van der Waals surface area contributed by atoms with Gasteiger partial charge in [0.05, 0.1) is 5.41 Å². The highest BCUT2D eigenvalue weighted by Gasteiger charge is 2.39. The van der Waals surface area contributed by atoms with Crippen LogP contribution < -0.4 is 0 Å². The van der Waals surface area contributed by atoms with E-state index in [1.807, 2.05) is 6.07 Å². The van der Waals surface area contributed by atoms with Gasteiger partial charge in [0, 0.05) is 0 Å². The molecule has 134 valence electrons. The van der Waals surface area contributed by atoms with Gasteiger partial charge in [0.2, 0.25) is 0 Å². The standard InChI is InChI=1S/C24H32O/c1-2-3-5-8-20-11-13-23(14-12-20)24(19-25)17-15-22(16-18-24)21-9-6-4-7-10-21/h4,6-7,9-10,15-17,19-20,23H,2-3,5,8,11-14,18H2,1H3. The molecule has 0 bridgehead atoms. The zero-order valence-electron chi connectivity index (χ0n) is 15.6. The van der Waals surface area contributed by atoms with Gasteiger partial charge in [-0.3, -0.25) is 0 Å². The van der Waals surface area contributed by atoms with Crippen molar-refractivity contribution in [2.75, 3.05) is 0 Å². The molecule has 0 amide bonds. The summed E-state index contributed by atoms with van der Waals surface area (Å²) >= 11 is 0. The van der Waals surface area contributed by atoms with Gasteiger partial charge in [-0.2, -0.15) is 0 Å². The van der Waals surface area contributed by atoms with E-state index in [0.717, 1.165) is 12.3 Å². The summed E-state index contributed by atoms with van der Waals surface area (Å²) in [4.78, 5) is 12.0. The van der Waals surface area contributed by atoms with E-state index in [2.05, 4.69) is 49.4 Å². The third-order valence-electron chi connectivity index (χ3n) is 6.40. The van der Waals surface area contributed by atoms with Gasteiger partial charge < -0.3 is 4.79 Å². The van der Waals surface area contributed by atoms with Crippen molar-refractivity contribution in [3.8, 4) is 0 Å². The predicted octanol–water partition coefficient (Wildman–Crippen LogP) is 6.60. The molecular weight excluding hydrogens is 304 g/mol. The molecule has 0 saturated heterocycles. The van der Waals surface area contributed by atoms with Crippen LogP contribution in [0.25, 0.3) is 5.57 Å². The van der Waals surface area contributed by atoms with Gasteiger partial charge in [-0.15, -0.1) is 0 Å². The fourth-order valence-corrected chi connectivity index (χ4v) is 4.67. The molecule has 2 aliphatic rings. The van der Waals surface area contributed by atoms with Gasteiger partial charge in [0.15, 0.2) is 0 Å². The number of hydrogen-bond acceptors (Lipinski definition) is 1. The first kappa shape index (κ1) is 18.2. The maximum atomic E-state index is 12.0. The topological polar surface area (TPSA) is 17.1 Å². The van der Waals surface area contributed by atoms with Crippen LogP contribution in [0.15, 0.2) is 48.6 Å². The molecule has 0 aromatic heterocycles. The number of benzene rings is 1. The van der Waals surface area contributed by atoms with E-state index in [4.69, 9.17) is 0 Å². The van der Waals surface area contributed by atoms with Gasteiger partial charge in [0.1, 0.15) is 6.29 Å². The van der Waals surface area contributed by atoms with Gasteiger partial charge in [-0.1, -0.05) is 94.0 Å². The smallest absolute Gasteiger partial charge is 0.130 e.